The van der Waals surface area contributed by atoms with Crippen LogP contribution in [0.25, 0.3) is 0 Å². The summed E-state index contributed by atoms with van der Waals surface area (Å²) < 4.78 is 0. The molecule has 0 bridgehead atoms. The van der Waals surface area contributed by atoms with Gasteiger partial charge in [0.15, 0.2) is 0 Å². The van der Waals surface area contributed by atoms with Crippen molar-refractivity contribution in [1.29, 1.82) is 0 Å². The monoisotopic (exact) mass is 236 g/mol. The van der Waals surface area contributed by atoms with Crippen LogP contribution in [0.4, 0.5) is 0 Å². The number of pyridine rings is 1. The molecule has 0 spiro atoms. The summed E-state index contributed by atoms with van der Waals surface area (Å²) in [4.78, 5) is 26.3. The smallest absolute Gasteiger partial charge is 0.306 e. The maximum Gasteiger partial charge on any atom is 0.306 e. The Balaban J connectivity index is 2.46. The summed E-state index contributed by atoms with van der Waals surface area (Å²) in [6, 6.07) is 3.57. The van der Waals surface area contributed by atoms with Crippen molar-refractivity contribution in [3.63, 3.8) is 0 Å². The SMILES string of the molecule is Cc1cccnc1C(=O)NCCC(C)C(=O)O. The average molecular weight is 236 g/mol. The largest absolute Gasteiger partial charge is 0.481 e. The molecule has 0 radical (unpaired) electrons. The molecule has 1 aromatic rings. The van der Waals surface area contributed by atoms with Gasteiger partial charge in [-0.1, -0.05) is 13.0 Å². The molecule has 0 aliphatic heterocycles. The quantitative estimate of drug-likeness (QED) is 0.805. The number of carboxylic acid groups (broad SMARTS) is 1. The van der Waals surface area contributed by atoms with Gasteiger partial charge in [-0.25, -0.2) is 0 Å². The summed E-state index contributed by atoms with van der Waals surface area (Å²) >= 11 is 0. The first kappa shape index (κ1) is 13.2. The molecule has 0 saturated heterocycles. The van der Waals surface area contributed by atoms with Gasteiger partial charge in [0.2, 0.25) is 0 Å². The van der Waals surface area contributed by atoms with E-state index < -0.39 is 11.9 Å². The van der Waals surface area contributed by atoms with Crippen LogP contribution in [0, 0.1) is 12.8 Å². The average Bonchev–Trinajstić information content (AvgIpc) is 2.29. The Morgan fingerprint density at radius 2 is 2.24 bits per heavy atom. The van der Waals surface area contributed by atoms with E-state index in [-0.39, 0.29) is 5.91 Å². The fraction of sp³-hybridized carbons (Fsp3) is 0.417. The van der Waals surface area contributed by atoms with Crippen LogP contribution in [-0.2, 0) is 4.79 Å². The summed E-state index contributed by atoms with van der Waals surface area (Å²) in [7, 11) is 0. The molecule has 92 valence electrons. The van der Waals surface area contributed by atoms with Crippen molar-refractivity contribution in [2.24, 2.45) is 5.92 Å². The molecule has 0 aromatic carbocycles. The van der Waals surface area contributed by atoms with Gasteiger partial charge >= 0.3 is 5.97 Å². The highest BCUT2D eigenvalue weighted by molar-refractivity contribution is 5.93. The van der Waals surface area contributed by atoms with Crippen molar-refractivity contribution >= 4 is 11.9 Å². The molecule has 1 atom stereocenters. The van der Waals surface area contributed by atoms with E-state index in [1.165, 1.54) is 0 Å². The Bertz CT molecular complexity index is 418. The minimum atomic E-state index is -0.853. The van der Waals surface area contributed by atoms with Crippen LogP contribution in [0.15, 0.2) is 18.3 Å². The van der Waals surface area contributed by atoms with Gasteiger partial charge in [0, 0.05) is 12.7 Å². The van der Waals surface area contributed by atoms with Crippen LogP contribution in [0.5, 0.6) is 0 Å². The Morgan fingerprint density at radius 3 is 2.82 bits per heavy atom. The number of aryl methyl sites for hydroxylation is 1. The van der Waals surface area contributed by atoms with Gasteiger partial charge in [-0.15, -0.1) is 0 Å². The molecule has 0 aliphatic rings. The van der Waals surface area contributed by atoms with E-state index in [1.54, 1.807) is 19.2 Å². The fourth-order valence-corrected chi connectivity index (χ4v) is 1.33. The molecule has 5 heteroatoms. The first-order chi connectivity index (χ1) is 8.02. The number of aromatic nitrogens is 1. The van der Waals surface area contributed by atoms with Gasteiger partial charge in [-0.3, -0.25) is 14.6 Å². The molecule has 0 aliphatic carbocycles. The van der Waals surface area contributed by atoms with Crippen LogP contribution in [-0.4, -0.2) is 28.5 Å². The highest BCUT2D eigenvalue weighted by Gasteiger charge is 2.13. The Hall–Kier alpha value is -1.91. The summed E-state index contributed by atoms with van der Waals surface area (Å²) in [5, 5.41) is 11.3. The molecule has 1 rings (SSSR count). The zero-order valence-corrected chi connectivity index (χ0v) is 9.93. The highest BCUT2D eigenvalue weighted by Crippen LogP contribution is 2.04. The van der Waals surface area contributed by atoms with E-state index >= 15 is 0 Å². The molecule has 1 amide bonds. The number of hydrogen-bond donors (Lipinski definition) is 2. The van der Waals surface area contributed by atoms with Crippen molar-refractivity contribution in [1.82, 2.24) is 10.3 Å². The van der Waals surface area contributed by atoms with Gasteiger partial charge in [0.1, 0.15) is 5.69 Å². The number of carbonyl (C=O) groups excluding carboxylic acids is 1. The second-order valence-electron chi connectivity index (χ2n) is 3.95. The molecule has 5 nitrogen and oxygen atoms in total. The van der Waals surface area contributed by atoms with E-state index in [0.29, 0.717) is 18.7 Å². The van der Waals surface area contributed by atoms with E-state index in [1.807, 2.05) is 13.0 Å². The number of aliphatic carboxylic acids is 1. The molecule has 1 unspecified atom stereocenters. The van der Waals surface area contributed by atoms with E-state index in [0.717, 1.165) is 5.56 Å². The van der Waals surface area contributed by atoms with E-state index in [4.69, 9.17) is 5.11 Å². The first-order valence-electron chi connectivity index (χ1n) is 5.45. The molecule has 2 N–H and O–H groups in total. The Labute approximate surface area is 99.9 Å². The maximum absolute atomic E-state index is 11.7. The normalized spacial score (nSPS) is 11.9. The van der Waals surface area contributed by atoms with Gasteiger partial charge in [0.05, 0.1) is 5.92 Å². The first-order valence-corrected chi connectivity index (χ1v) is 5.45. The highest BCUT2D eigenvalue weighted by atomic mass is 16.4. The van der Waals surface area contributed by atoms with Crippen LogP contribution in [0.2, 0.25) is 0 Å². The van der Waals surface area contributed by atoms with E-state index in [9.17, 15) is 9.59 Å². The molecule has 0 fully saturated rings. The third-order valence-electron chi connectivity index (χ3n) is 2.51. The third kappa shape index (κ3) is 3.86. The van der Waals surface area contributed by atoms with Crippen LogP contribution >= 0.6 is 0 Å². The van der Waals surface area contributed by atoms with Gasteiger partial charge in [-0.2, -0.15) is 0 Å². The lowest BCUT2D eigenvalue weighted by atomic mass is 10.1. The van der Waals surface area contributed by atoms with E-state index in [2.05, 4.69) is 10.3 Å². The number of nitrogens with one attached hydrogen (secondary N) is 1. The second-order valence-corrected chi connectivity index (χ2v) is 3.95. The van der Waals surface area contributed by atoms with Crippen LogP contribution < -0.4 is 5.32 Å². The Kier molecular flexibility index (Phi) is 4.63. The number of carbonyl (C=O) groups is 2. The standard InChI is InChI=1S/C12H16N2O3/c1-8-4-3-6-13-10(8)11(15)14-7-5-9(2)12(16)17/h3-4,6,9H,5,7H2,1-2H3,(H,14,15)(H,16,17). The minimum absolute atomic E-state index is 0.263. The zero-order valence-electron chi connectivity index (χ0n) is 9.93. The Morgan fingerprint density at radius 1 is 1.53 bits per heavy atom. The zero-order chi connectivity index (χ0) is 12.8. The van der Waals surface area contributed by atoms with Crippen molar-refractivity contribution in [3.8, 4) is 0 Å². The fourth-order valence-electron chi connectivity index (χ4n) is 1.33. The summed E-state index contributed by atoms with van der Waals surface area (Å²) in [6.45, 7) is 3.75. The topological polar surface area (TPSA) is 79.3 Å². The van der Waals surface area contributed by atoms with Gasteiger partial charge < -0.3 is 10.4 Å². The molecule has 0 saturated carbocycles. The van der Waals surface area contributed by atoms with Crippen molar-refractivity contribution in [2.45, 2.75) is 20.3 Å². The maximum atomic E-state index is 11.7. The van der Waals surface area contributed by atoms with Crippen LogP contribution in [0.1, 0.15) is 29.4 Å². The lowest BCUT2D eigenvalue weighted by Gasteiger charge is -2.08. The molecule has 1 heterocycles. The second kappa shape index (κ2) is 5.98. The van der Waals surface area contributed by atoms with Crippen molar-refractivity contribution in [2.75, 3.05) is 6.54 Å². The number of amides is 1. The summed E-state index contributed by atoms with van der Waals surface area (Å²) in [5.74, 6) is -1.57. The summed E-state index contributed by atoms with van der Waals surface area (Å²) in [6.07, 6.45) is 1.97. The van der Waals surface area contributed by atoms with Crippen LogP contribution in [0.3, 0.4) is 0 Å². The number of hydrogen-bond acceptors (Lipinski definition) is 3. The van der Waals surface area contributed by atoms with Gasteiger partial charge in [-0.05, 0) is 25.0 Å². The molecule has 1 aromatic heterocycles. The predicted octanol–water partition coefficient (Wildman–Crippen LogP) is 1.23. The number of nitrogens with zero attached hydrogens (tertiary/aromatic N) is 1. The van der Waals surface area contributed by atoms with Crippen molar-refractivity contribution in [3.05, 3.63) is 29.6 Å². The van der Waals surface area contributed by atoms with Gasteiger partial charge in [0.25, 0.3) is 5.91 Å². The van der Waals surface area contributed by atoms with Crippen molar-refractivity contribution < 1.29 is 14.7 Å². The molecule has 17 heavy (non-hydrogen) atoms. The minimum Gasteiger partial charge on any atom is -0.481 e. The molecular formula is C12H16N2O3. The number of carboxylic acids is 1. The third-order valence-corrected chi connectivity index (χ3v) is 2.51. The number of rotatable bonds is 5. The predicted molar refractivity (Wildman–Crippen MR) is 62.7 cm³/mol. The molecular weight excluding hydrogens is 220 g/mol. The summed E-state index contributed by atoms with van der Waals surface area (Å²) in [5.41, 5.74) is 1.19. The lowest BCUT2D eigenvalue weighted by Crippen LogP contribution is -2.28. The lowest BCUT2D eigenvalue weighted by molar-refractivity contribution is -0.141.